The average Bonchev–Trinajstić information content (AvgIpc) is 3.13. The monoisotopic (exact) mass is 486 g/mol. The van der Waals surface area contributed by atoms with Gasteiger partial charge in [0.2, 0.25) is 0 Å². The number of benzene rings is 1. The summed E-state index contributed by atoms with van der Waals surface area (Å²) in [6.07, 6.45) is 1.53. The minimum absolute atomic E-state index is 0.139. The summed E-state index contributed by atoms with van der Waals surface area (Å²) in [5, 5.41) is 19.5. The van der Waals surface area contributed by atoms with Crippen molar-refractivity contribution in [2.45, 2.75) is 13.0 Å². The number of hydrogen-bond acceptors (Lipinski definition) is 7. The van der Waals surface area contributed by atoms with Crippen LogP contribution in [0.25, 0.3) is 5.65 Å². The van der Waals surface area contributed by atoms with E-state index in [1.807, 2.05) is 12.1 Å². The smallest absolute Gasteiger partial charge is 0.255 e. The molecule has 1 atom stereocenters. The zero-order valence-electron chi connectivity index (χ0n) is 15.7. The van der Waals surface area contributed by atoms with Crippen LogP contribution in [0.4, 0.5) is 17.3 Å². The largest absolute Gasteiger partial charge is 0.383 e. The van der Waals surface area contributed by atoms with Crippen LogP contribution in [0.15, 0.2) is 53.1 Å². The number of anilines is 3. The highest BCUT2D eigenvalue weighted by atomic mass is 79.9. The Hall–Kier alpha value is -3.24. The number of hydrogen-bond donors (Lipinski definition) is 3. The van der Waals surface area contributed by atoms with Crippen LogP contribution in [0.3, 0.4) is 0 Å². The van der Waals surface area contributed by atoms with Gasteiger partial charge in [0.1, 0.15) is 5.82 Å². The first-order chi connectivity index (χ1) is 14.4. The van der Waals surface area contributed by atoms with E-state index < -0.39 is 6.04 Å². The number of nitrogens with zero attached hydrogens (tertiary/aromatic N) is 5. The van der Waals surface area contributed by atoms with E-state index in [1.165, 1.54) is 6.20 Å². The molecule has 152 valence electrons. The van der Waals surface area contributed by atoms with Crippen molar-refractivity contribution in [1.29, 1.82) is 0 Å². The number of nitrogen functional groups attached to an aromatic ring is 1. The zero-order chi connectivity index (χ0) is 21.3. The number of nitrogens with one attached hydrogen (secondary N) is 2. The Kier molecular flexibility index (Phi) is 5.51. The molecule has 0 aliphatic heterocycles. The van der Waals surface area contributed by atoms with Gasteiger partial charge in [-0.1, -0.05) is 17.7 Å². The highest BCUT2D eigenvalue weighted by Crippen LogP contribution is 2.21. The molecule has 30 heavy (non-hydrogen) atoms. The van der Waals surface area contributed by atoms with Gasteiger partial charge in [0.15, 0.2) is 17.3 Å². The third-order valence-corrected chi connectivity index (χ3v) is 4.92. The third-order valence-electron chi connectivity index (χ3n) is 4.25. The quantitative estimate of drug-likeness (QED) is 0.392. The van der Waals surface area contributed by atoms with E-state index >= 15 is 0 Å². The van der Waals surface area contributed by atoms with Crippen LogP contribution in [0.5, 0.6) is 0 Å². The molecule has 0 fully saturated rings. The van der Waals surface area contributed by atoms with Crippen molar-refractivity contribution in [2.24, 2.45) is 0 Å². The summed E-state index contributed by atoms with van der Waals surface area (Å²) < 4.78 is 2.22. The van der Waals surface area contributed by atoms with Gasteiger partial charge in [0.05, 0.1) is 11.6 Å². The van der Waals surface area contributed by atoms with E-state index in [2.05, 4.69) is 46.8 Å². The molecule has 0 saturated heterocycles. The maximum absolute atomic E-state index is 12.6. The molecular weight excluding hydrogens is 472 g/mol. The van der Waals surface area contributed by atoms with E-state index in [1.54, 1.807) is 41.8 Å². The lowest BCUT2D eigenvalue weighted by Crippen LogP contribution is -2.29. The first kappa shape index (κ1) is 20.0. The molecule has 0 radical (unpaired) electrons. The fourth-order valence-electron chi connectivity index (χ4n) is 2.83. The zero-order valence-corrected chi connectivity index (χ0v) is 18.0. The molecule has 1 amide bonds. The molecule has 0 aliphatic rings. The van der Waals surface area contributed by atoms with Gasteiger partial charge in [-0.3, -0.25) is 4.79 Å². The Morgan fingerprint density at radius 1 is 1.23 bits per heavy atom. The van der Waals surface area contributed by atoms with Gasteiger partial charge in [0.25, 0.3) is 5.91 Å². The Bertz CT molecular complexity index is 1240. The molecule has 11 heteroatoms. The first-order valence-electron chi connectivity index (χ1n) is 8.87. The topological polar surface area (TPSA) is 123 Å². The molecule has 0 saturated carbocycles. The van der Waals surface area contributed by atoms with Crippen LogP contribution in [-0.2, 0) is 0 Å². The van der Waals surface area contributed by atoms with Gasteiger partial charge in [-0.2, -0.15) is 4.52 Å². The molecule has 0 unspecified atom stereocenters. The summed E-state index contributed by atoms with van der Waals surface area (Å²) in [5.41, 5.74) is 7.43. The fraction of sp³-hybridized carbons (Fsp3) is 0.105. The molecule has 3 aromatic heterocycles. The van der Waals surface area contributed by atoms with E-state index in [0.29, 0.717) is 26.8 Å². The molecule has 9 nitrogen and oxygen atoms in total. The second-order valence-corrected chi connectivity index (χ2v) is 7.82. The van der Waals surface area contributed by atoms with Gasteiger partial charge < -0.3 is 16.4 Å². The predicted molar refractivity (Wildman–Crippen MR) is 118 cm³/mol. The first-order valence-corrected chi connectivity index (χ1v) is 10.0. The van der Waals surface area contributed by atoms with Crippen molar-refractivity contribution in [3.05, 3.63) is 69.5 Å². The van der Waals surface area contributed by atoms with Crippen molar-refractivity contribution >= 4 is 56.4 Å². The molecule has 4 aromatic rings. The number of rotatable bonds is 5. The molecule has 3 heterocycles. The Balaban J connectivity index is 1.59. The molecular formula is C19H16BrClN8O. The standard InChI is InChI=1S/C19H16BrClN8O/c1-10(24-19(30)14-7-11(20)9-23-17(14)22)18-27-26-16-6-5-15(28-29(16)18)25-13-4-2-3-12(21)8-13/h2-10H,1H3,(H2,22,23)(H,24,30)(H,25,28)/t10-/m1/s1. The van der Waals surface area contributed by atoms with E-state index in [9.17, 15) is 4.79 Å². The Morgan fingerprint density at radius 3 is 2.87 bits per heavy atom. The normalized spacial score (nSPS) is 12.0. The Morgan fingerprint density at radius 2 is 2.07 bits per heavy atom. The van der Waals surface area contributed by atoms with Crippen molar-refractivity contribution < 1.29 is 4.79 Å². The number of carbonyl (C=O) groups excluding carboxylic acids is 1. The van der Waals surface area contributed by atoms with Crippen LogP contribution < -0.4 is 16.4 Å². The predicted octanol–water partition coefficient (Wildman–Crippen LogP) is 3.75. The lowest BCUT2D eigenvalue weighted by Gasteiger charge is -2.13. The minimum Gasteiger partial charge on any atom is -0.383 e. The molecule has 1 aromatic carbocycles. The van der Waals surface area contributed by atoms with Gasteiger partial charge in [-0.15, -0.1) is 15.3 Å². The lowest BCUT2D eigenvalue weighted by molar-refractivity contribution is 0.0938. The molecule has 0 bridgehead atoms. The number of amides is 1. The summed E-state index contributed by atoms with van der Waals surface area (Å²) in [6.45, 7) is 1.79. The lowest BCUT2D eigenvalue weighted by atomic mass is 10.2. The van der Waals surface area contributed by atoms with Crippen molar-refractivity contribution in [1.82, 2.24) is 30.1 Å². The highest BCUT2D eigenvalue weighted by molar-refractivity contribution is 9.10. The van der Waals surface area contributed by atoms with Crippen molar-refractivity contribution in [3.8, 4) is 0 Å². The molecule has 0 spiro atoms. The third kappa shape index (κ3) is 4.19. The summed E-state index contributed by atoms with van der Waals surface area (Å²) in [5.74, 6) is 0.804. The van der Waals surface area contributed by atoms with Crippen molar-refractivity contribution in [3.63, 3.8) is 0 Å². The van der Waals surface area contributed by atoms with Gasteiger partial charge in [0, 0.05) is 21.4 Å². The molecule has 4 N–H and O–H groups in total. The van der Waals surface area contributed by atoms with E-state index in [-0.39, 0.29) is 17.3 Å². The van der Waals surface area contributed by atoms with E-state index in [4.69, 9.17) is 17.3 Å². The van der Waals surface area contributed by atoms with Crippen LogP contribution in [-0.4, -0.2) is 30.7 Å². The number of pyridine rings is 1. The maximum Gasteiger partial charge on any atom is 0.255 e. The SMILES string of the molecule is C[C@@H](NC(=O)c1cc(Br)cnc1N)c1nnc2ccc(Nc3cccc(Cl)c3)nn12. The fourth-order valence-corrected chi connectivity index (χ4v) is 3.35. The summed E-state index contributed by atoms with van der Waals surface area (Å²) in [4.78, 5) is 16.6. The van der Waals surface area contributed by atoms with Crippen LogP contribution in [0.1, 0.15) is 29.1 Å². The highest BCUT2D eigenvalue weighted by Gasteiger charge is 2.20. The number of fused-ring (bicyclic) bond motifs is 1. The van der Waals surface area contributed by atoms with Gasteiger partial charge >= 0.3 is 0 Å². The summed E-state index contributed by atoms with van der Waals surface area (Å²) in [7, 11) is 0. The van der Waals surface area contributed by atoms with Crippen LogP contribution >= 0.6 is 27.5 Å². The molecule has 0 aliphatic carbocycles. The summed E-state index contributed by atoms with van der Waals surface area (Å²) in [6, 6.07) is 12.0. The average molecular weight is 488 g/mol. The van der Waals surface area contributed by atoms with Crippen LogP contribution in [0, 0.1) is 0 Å². The summed E-state index contributed by atoms with van der Waals surface area (Å²) >= 11 is 9.33. The number of aromatic nitrogens is 5. The number of carbonyl (C=O) groups is 1. The Labute approximate surface area is 184 Å². The van der Waals surface area contributed by atoms with Crippen molar-refractivity contribution in [2.75, 3.05) is 11.1 Å². The second-order valence-electron chi connectivity index (χ2n) is 6.46. The number of halogens is 2. The maximum atomic E-state index is 12.6. The molecule has 4 rings (SSSR count). The second kappa shape index (κ2) is 8.25. The van der Waals surface area contributed by atoms with Gasteiger partial charge in [-0.05, 0) is 59.3 Å². The minimum atomic E-state index is -0.486. The van der Waals surface area contributed by atoms with Crippen LogP contribution in [0.2, 0.25) is 5.02 Å². The van der Waals surface area contributed by atoms with E-state index in [0.717, 1.165) is 5.69 Å². The van der Waals surface area contributed by atoms with Gasteiger partial charge in [-0.25, -0.2) is 4.98 Å². The number of nitrogens with two attached hydrogens (primary N) is 1.